The summed E-state index contributed by atoms with van der Waals surface area (Å²) in [6.07, 6.45) is 1.49. The Labute approximate surface area is 171 Å². The number of ether oxygens (including phenoxy) is 1. The maximum Gasteiger partial charge on any atom is 0.344 e. The quantitative estimate of drug-likeness (QED) is 0.390. The van der Waals surface area contributed by atoms with Crippen molar-refractivity contribution in [1.29, 1.82) is 0 Å². The third-order valence-corrected chi connectivity index (χ3v) is 4.37. The van der Waals surface area contributed by atoms with Gasteiger partial charge in [0.15, 0.2) is 0 Å². The molecule has 28 heavy (non-hydrogen) atoms. The number of hydrogen-bond acceptors (Lipinski definition) is 4. The van der Waals surface area contributed by atoms with Crippen LogP contribution in [-0.2, 0) is 16.2 Å². The predicted octanol–water partition coefficient (Wildman–Crippen LogP) is 5.13. The third-order valence-electron chi connectivity index (χ3n) is 3.84. The highest BCUT2D eigenvalue weighted by atomic mass is 79.9. The van der Waals surface area contributed by atoms with Gasteiger partial charge in [0.1, 0.15) is 12.4 Å². The summed E-state index contributed by atoms with van der Waals surface area (Å²) in [5, 5.41) is 12.2. The minimum Gasteiger partial charge on any atom is -0.489 e. The van der Waals surface area contributed by atoms with Crippen LogP contribution >= 0.6 is 15.9 Å². The van der Waals surface area contributed by atoms with Gasteiger partial charge in [0, 0.05) is 4.47 Å². The van der Waals surface area contributed by atoms with Crippen LogP contribution < -0.4 is 4.74 Å². The summed E-state index contributed by atoms with van der Waals surface area (Å²) in [7, 11) is 0. The molecule has 0 aliphatic rings. The highest BCUT2D eigenvalue weighted by Gasteiger charge is 2.02. The predicted molar refractivity (Wildman–Crippen MR) is 112 cm³/mol. The summed E-state index contributed by atoms with van der Waals surface area (Å²) in [6.45, 7) is 0.0261. The molecule has 5 nitrogen and oxygen atoms in total. The first-order valence-electron chi connectivity index (χ1n) is 8.55. The van der Waals surface area contributed by atoms with Crippen molar-refractivity contribution in [2.45, 2.75) is 6.61 Å². The highest BCUT2D eigenvalue weighted by Crippen LogP contribution is 2.25. The molecule has 0 unspecified atom stereocenters. The number of nitrogens with zero attached hydrogens (tertiary/aromatic N) is 1. The molecule has 3 rings (SSSR count). The SMILES string of the molecule is O=C(O)CON=Cc1cccc(-c2cccc(OCc3ccc(Br)cc3)c2)c1. The van der Waals surface area contributed by atoms with E-state index < -0.39 is 12.6 Å². The number of benzene rings is 3. The van der Waals surface area contributed by atoms with Gasteiger partial charge in [0.25, 0.3) is 0 Å². The number of carbonyl (C=O) groups is 1. The lowest BCUT2D eigenvalue weighted by atomic mass is 10.0. The highest BCUT2D eigenvalue weighted by molar-refractivity contribution is 9.10. The van der Waals surface area contributed by atoms with Crippen molar-refractivity contribution in [2.75, 3.05) is 6.61 Å². The molecular weight excluding hydrogens is 422 g/mol. The number of aliphatic carboxylic acids is 1. The van der Waals surface area contributed by atoms with Crippen LogP contribution in [0.3, 0.4) is 0 Å². The van der Waals surface area contributed by atoms with E-state index in [1.165, 1.54) is 6.21 Å². The molecule has 142 valence electrons. The first kappa shape index (κ1) is 19.6. The van der Waals surface area contributed by atoms with E-state index in [1.54, 1.807) is 0 Å². The van der Waals surface area contributed by atoms with Crippen molar-refractivity contribution < 1.29 is 19.5 Å². The first-order valence-corrected chi connectivity index (χ1v) is 9.34. The van der Waals surface area contributed by atoms with Crippen LogP contribution in [0.2, 0.25) is 0 Å². The van der Waals surface area contributed by atoms with Crippen LogP contribution in [0.15, 0.2) is 82.4 Å². The second-order valence-corrected chi connectivity index (χ2v) is 6.89. The minimum absolute atomic E-state index is 0.464. The van der Waals surface area contributed by atoms with Crippen molar-refractivity contribution >= 4 is 28.1 Å². The molecule has 3 aromatic carbocycles. The van der Waals surface area contributed by atoms with Gasteiger partial charge in [-0.1, -0.05) is 63.6 Å². The molecule has 0 bridgehead atoms. The normalized spacial score (nSPS) is 10.8. The average Bonchev–Trinajstić information content (AvgIpc) is 2.71. The molecule has 0 radical (unpaired) electrons. The number of halogens is 1. The summed E-state index contributed by atoms with van der Waals surface area (Å²) < 4.78 is 6.95. The van der Waals surface area contributed by atoms with Crippen molar-refractivity contribution in [3.63, 3.8) is 0 Å². The number of carboxylic acid groups (broad SMARTS) is 1. The lowest BCUT2D eigenvalue weighted by Crippen LogP contribution is -2.03. The molecule has 6 heteroatoms. The third kappa shape index (κ3) is 5.96. The van der Waals surface area contributed by atoms with E-state index in [-0.39, 0.29) is 0 Å². The molecule has 0 fully saturated rings. The zero-order valence-electron chi connectivity index (χ0n) is 14.9. The molecule has 0 aromatic heterocycles. The minimum atomic E-state index is -1.06. The fourth-order valence-corrected chi connectivity index (χ4v) is 2.77. The van der Waals surface area contributed by atoms with Crippen LogP contribution in [0.4, 0.5) is 0 Å². The van der Waals surface area contributed by atoms with E-state index in [0.717, 1.165) is 32.5 Å². The molecule has 0 spiro atoms. The molecule has 0 amide bonds. The molecular formula is C22H18BrNO4. The first-order chi connectivity index (χ1) is 13.6. The van der Waals surface area contributed by atoms with Gasteiger partial charge < -0.3 is 14.7 Å². The number of rotatable bonds is 8. The van der Waals surface area contributed by atoms with Gasteiger partial charge >= 0.3 is 5.97 Å². The van der Waals surface area contributed by atoms with Crippen molar-refractivity contribution in [3.05, 3.63) is 88.4 Å². The monoisotopic (exact) mass is 439 g/mol. The van der Waals surface area contributed by atoms with Crippen molar-refractivity contribution in [2.24, 2.45) is 5.16 Å². The van der Waals surface area contributed by atoms with E-state index in [2.05, 4.69) is 21.1 Å². The van der Waals surface area contributed by atoms with E-state index in [9.17, 15) is 4.79 Å². The molecule has 0 aliphatic heterocycles. The Morgan fingerprint density at radius 3 is 2.46 bits per heavy atom. The Balaban J connectivity index is 1.68. The van der Waals surface area contributed by atoms with Gasteiger partial charge in [0.2, 0.25) is 6.61 Å². The van der Waals surface area contributed by atoms with Gasteiger partial charge in [-0.15, -0.1) is 0 Å². The maximum absolute atomic E-state index is 10.4. The fourth-order valence-electron chi connectivity index (χ4n) is 2.50. The van der Waals surface area contributed by atoms with Crippen LogP contribution in [0.25, 0.3) is 11.1 Å². The zero-order valence-corrected chi connectivity index (χ0v) is 16.5. The van der Waals surface area contributed by atoms with Crippen LogP contribution in [0, 0.1) is 0 Å². The van der Waals surface area contributed by atoms with Crippen LogP contribution in [0.5, 0.6) is 5.75 Å². The Hall–Kier alpha value is -3.12. The van der Waals surface area contributed by atoms with Gasteiger partial charge in [-0.2, -0.15) is 0 Å². The van der Waals surface area contributed by atoms with Crippen LogP contribution in [-0.4, -0.2) is 23.9 Å². The number of carboxylic acids is 1. The van der Waals surface area contributed by atoms with Gasteiger partial charge in [0.05, 0.1) is 6.21 Å². The Kier molecular flexibility index (Phi) is 6.81. The van der Waals surface area contributed by atoms with Gasteiger partial charge in [-0.25, -0.2) is 4.79 Å². The zero-order chi connectivity index (χ0) is 19.8. The molecule has 0 heterocycles. The molecule has 0 aliphatic carbocycles. The van der Waals surface area contributed by atoms with Crippen molar-refractivity contribution in [1.82, 2.24) is 0 Å². The van der Waals surface area contributed by atoms with Crippen molar-refractivity contribution in [3.8, 4) is 16.9 Å². The van der Waals surface area contributed by atoms with Gasteiger partial charge in [-0.05, 0) is 52.6 Å². The topological polar surface area (TPSA) is 68.1 Å². The summed E-state index contributed by atoms with van der Waals surface area (Å²) in [5.41, 5.74) is 3.91. The van der Waals surface area contributed by atoms with E-state index in [1.807, 2.05) is 72.8 Å². The number of oxime groups is 1. The Morgan fingerprint density at radius 2 is 1.71 bits per heavy atom. The Bertz CT molecular complexity index is 970. The summed E-state index contributed by atoms with van der Waals surface area (Å²) >= 11 is 3.42. The van der Waals surface area contributed by atoms with E-state index in [0.29, 0.717) is 6.61 Å². The summed E-state index contributed by atoms with van der Waals surface area (Å²) in [4.78, 5) is 15.1. The molecule has 0 saturated carbocycles. The van der Waals surface area contributed by atoms with Gasteiger partial charge in [-0.3, -0.25) is 0 Å². The second-order valence-electron chi connectivity index (χ2n) is 5.97. The average molecular weight is 440 g/mol. The Morgan fingerprint density at radius 1 is 1.00 bits per heavy atom. The fraction of sp³-hybridized carbons (Fsp3) is 0.0909. The smallest absolute Gasteiger partial charge is 0.344 e. The standard InChI is InChI=1S/C22H18BrNO4/c23-20-9-7-16(8-10-20)14-27-21-6-2-5-19(12-21)18-4-1-3-17(11-18)13-24-28-15-22(25)26/h1-13H,14-15H2,(H,25,26). The van der Waals surface area contributed by atoms with Crippen LogP contribution in [0.1, 0.15) is 11.1 Å². The molecule has 0 atom stereocenters. The summed E-state index contributed by atoms with van der Waals surface area (Å²) in [5.74, 6) is -0.282. The molecule has 0 saturated heterocycles. The summed E-state index contributed by atoms with van der Waals surface area (Å²) in [6, 6.07) is 23.6. The molecule has 3 aromatic rings. The lowest BCUT2D eigenvalue weighted by molar-refractivity contribution is -0.142. The molecule has 1 N–H and O–H groups in total. The van der Waals surface area contributed by atoms with E-state index in [4.69, 9.17) is 14.7 Å². The largest absolute Gasteiger partial charge is 0.489 e. The maximum atomic E-state index is 10.4. The van der Waals surface area contributed by atoms with E-state index >= 15 is 0 Å². The second kappa shape index (κ2) is 9.71. The lowest BCUT2D eigenvalue weighted by Gasteiger charge is -2.09. The number of hydrogen-bond donors (Lipinski definition) is 1.